The van der Waals surface area contributed by atoms with E-state index >= 15 is 0 Å². The van der Waals surface area contributed by atoms with Crippen LogP contribution in [0, 0.1) is 11.8 Å². The molecule has 2 aliphatic heterocycles. The van der Waals surface area contributed by atoms with Crippen molar-refractivity contribution in [3.63, 3.8) is 0 Å². The lowest BCUT2D eigenvalue weighted by Gasteiger charge is -2.33. The van der Waals surface area contributed by atoms with Gasteiger partial charge in [0.25, 0.3) is 0 Å². The molecular formula is C16H27N3O3. The van der Waals surface area contributed by atoms with Crippen LogP contribution in [0.3, 0.4) is 0 Å². The predicted molar refractivity (Wildman–Crippen MR) is 83.0 cm³/mol. The largest absolute Gasteiger partial charge is 0.356 e. The van der Waals surface area contributed by atoms with Crippen molar-refractivity contribution in [3.05, 3.63) is 0 Å². The highest BCUT2D eigenvalue weighted by Gasteiger charge is 2.27. The first-order chi connectivity index (χ1) is 10.5. The van der Waals surface area contributed by atoms with Crippen molar-refractivity contribution in [1.82, 2.24) is 15.1 Å². The number of carbonyl (C=O) groups excluding carboxylic acids is 3. The van der Waals surface area contributed by atoms with Gasteiger partial charge in [-0.05, 0) is 31.6 Å². The van der Waals surface area contributed by atoms with Gasteiger partial charge in [-0.3, -0.25) is 14.4 Å². The van der Waals surface area contributed by atoms with E-state index in [1.54, 1.807) is 18.7 Å². The van der Waals surface area contributed by atoms with E-state index in [4.69, 9.17) is 0 Å². The molecule has 0 atom stereocenters. The zero-order valence-corrected chi connectivity index (χ0v) is 13.6. The third-order valence-corrected chi connectivity index (χ3v) is 4.94. The minimum atomic E-state index is 0.0351. The molecule has 3 amide bonds. The molecular weight excluding hydrogens is 282 g/mol. The van der Waals surface area contributed by atoms with Gasteiger partial charge in [0.1, 0.15) is 0 Å². The van der Waals surface area contributed by atoms with Gasteiger partial charge in [0.2, 0.25) is 17.7 Å². The Morgan fingerprint density at radius 3 is 1.77 bits per heavy atom. The molecule has 2 aliphatic rings. The first kappa shape index (κ1) is 16.8. The molecule has 0 radical (unpaired) electrons. The fourth-order valence-corrected chi connectivity index (χ4v) is 3.30. The summed E-state index contributed by atoms with van der Waals surface area (Å²) < 4.78 is 0. The fourth-order valence-electron chi connectivity index (χ4n) is 3.30. The van der Waals surface area contributed by atoms with Crippen LogP contribution in [0.4, 0.5) is 0 Å². The maximum atomic E-state index is 12.2. The maximum absolute atomic E-state index is 12.2. The number of piperidine rings is 2. The molecule has 0 aromatic carbocycles. The van der Waals surface area contributed by atoms with Gasteiger partial charge < -0.3 is 15.1 Å². The molecule has 2 heterocycles. The van der Waals surface area contributed by atoms with Crippen LogP contribution in [-0.2, 0) is 14.4 Å². The Balaban J connectivity index is 1.66. The number of amides is 3. The Kier molecular flexibility index (Phi) is 5.80. The Bertz CT molecular complexity index is 422. The Morgan fingerprint density at radius 2 is 1.32 bits per heavy atom. The minimum absolute atomic E-state index is 0.0351. The summed E-state index contributed by atoms with van der Waals surface area (Å²) in [4.78, 5) is 38.4. The number of hydrogen-bond acceptors (Lipinski definition) is 3. The van der Waals surface area contributed by atoms with Gasteiger partial charge >= 0.3 is 0 Å². The molecule has 124 valence electrons. The van der Waals surface area contributed by atoms with Crippen molar-refractivity contribution in [2.45, 2.75) is 39.5 Å². The molecule has 2 rings (SSSR count). The van der Waals surface area contributed by atoms with Crippen molar-refractivity contribution >= 4 is 17.7 Å². The van der Waals surface area contributed by atoms with E-state index in [0.29, 0.717) is 25.6 Å². The second-order valence-electron chi connectivity index (χ2n) is 6.47. The molecule has 1 N–H and O–H groups in total. The SMILES string of the molecule is CC(=O)N1CCC(CNC(=O)C2CCN(C(C)=O)CC2)CC1. The van der Waals surface area contributed by atoms with E-state index in [1.807, 2.05) is 4.90 Å². The van der Waals surface area contributed by atoms with Crippen molar-refractivity contribution in [2.75, 3.05) is 32.7 Å². The average Bonchev–Trinajstić information content (AvgIpc) is 2.53. The lowest BCUT2D eigenvalue weighted by molar-refractivity contribution is -0.134. The van der Waals surface area contributed by atoms with E-state index in [2.05, 4.69) is 5.32 Å². The minimum Gasteiger partial charge on any atom is -0.356 e. The molecule has 0 bridgehead atoms. The monoisotopic (exact) mass is 309 g/mol. The van der Waals surface area contributed by atoms with E-state index in [-0.39, 0.29) is 23.6 Å². The summed E-state index contributed by atoms with van der Waals surface area (Å²) in [6, 6.07) is 0. The van der Waals surface area contributed by atoms with Gasteiger partial charge in [-0.1, -0.05) is 0 Å². The number of hydrogen-bond donors (Lipinski definition) is 1. The number of nitrogens with one attached hydrogen (secondary N) is 1. The lowest BCUT2D eigenvalue weighted by Crippen LogP contribution is -2.44. The van der Waals surface area contributed by atoms with Crippen molar-refractivity contribution in [2.24, 2.45) is 11.8 Å². The molecule has 2 saturated heterocycles. The summed E-state index contributed by atoms with van der Waals surface area (Å²) in [5.74, 6) is 0.859. The normalized spacial score (nSPS) is 20.8. The van der Waals surface area contributed by atoms with Crippen LogP contribution >= 0.6 is 0 Å². The standard InChI is InChI=1S/C16H27N3O3/c1-12(20)18-7-3-14(4-8-18)11-17-16(22)15-5-9-19(10-6-15)13(2)21/h14-15H,3-11H2,1-2H3,(H,17,22). The van der Waals surface area contributed by atoms with Gasteiger partial charge in [-0.2, -0.15) is 0 Å². The van der Waals surface area contributed by atoms with Crippen molar-refractivity contribution in [3.8, 4) is 0 Å². The summed E-state index contributed by atoms with van der Waals surface area (Å²) in [6.45, 7) is 6.86. The van der Waals surface area contributed by atoms with Crippen molar-refractivity contribution < 1.29 is 14.4 Å². The molecule has 6 nitrogen and oxygen atoms in total. The first-order valence-electron chi connectivity index (χ1n) is 8.26. The Hall–Kier alpha value is -1.59. The third-order valence-electron chi connectivity index (χ3n) is 4.94. The van der Waals surface area contributed by atoms with E-state index in [1.165, 1.54) is 0 Å². The number of nitrogens with zero attached hydrogens (tertiary/aromatic N) is 2. The highest BCUT2D eigenvalue weighted by molar-refractivity contribution is 5.79. The van der Waals surface area contributed by atoms with Gasteiger partial charge in [-0.15, -0.1) is 0 Å². The van der Waals surface area contributed by atoms with Crippen LogP contribution in [0.2, 0.25) is 0 Å². The summed E-state index contributed by atoms with van der Waals surface area (Å²) in [7, 11) is 0. The van der Waals surface area contributed by atoms with Gasteiger partial charge in [0, 0.05) is 52.5 Å². The van der Waals surface area contributed by atoms with Crippen LogP contribution in [0.25, 0.3) is 0 Å². The molecule has 0 spiro atoms. The summed E-state index contributed by atoms with van der Waals surface area (Å²) >= 11 is 0. The molecule has 0 aromatic heterocycles. The van der Waals surface area contributed by atoms with Crippen LogP contribution in [0.5, 0.6) is 0 Å². The number of rotatable bonds is 3. The smallest absolute Gasteiger partial charge is 0.223 e. The number of likely N-dealkylation sites (tertiary alicyclic amines) is 2. The van der Waals surface area contributed by atoms with E-state index in [0.717, 1.165) is 38.8 Å². The zero-order chi connectivity index (χ0) is 16.1. The van der Waals surface area contributed by atoms with E-state index < -0.39 is 0 Å². The van der Waals surface area contributed by atoms with Crippen LogP contribution in [0.1, 0.15) is 39.5 Å². The highest BCUT2D eigenvalue weighted by Crippen LogP contribution is 2.19. The zero-order valence-electron chi connectivity index (χ0n) is 13.6. The maximum Gasteiger partial charge on any atom is 0.223 e. The van der Waals surface area contributed by atoms with Crippen LogP contribution in [-0.4, -0.2) is 60.2 Å². The summed E-state index contributed by atoms with van der Waals surface area (Å²) in [5, 5.41) is 3.06. The van der Waals surface area contributed by atoms with Gasteiger partial charge in [0.15, 0.2) is 0 Å². The fraction of sp³-hybridized carbons (Fsp3) is 0.812. The van der Waals surface area contributed by atoms with Crippen LogP contribution < -0.4 is 5.32 Å². The quantitative estimate of drug-likeness (QED) is 0.831. The molecule has 22 heavy (non-hydrogen) atoms. The predicted octanol–water partition coefficient (Wildman–Crippen LogP) is 0.620. The second kappa shape index (κ2) is 7.61. The van der Waals surface area contributed by atoms with Gasteiger partial charge in [0.05, 0.1) is 0 Å². The van der Waals surface area contributed by atoms with E-state index in [9.17, 15) is 14.4 Å². The topological polar surface area (TPSA) is 69.7 Å². The molecule has 0 saturated carbocycles. The van der Waals surface area contributed by atoms with Gasteiger partial charge in [-0.25, -0.2) is 0 Å². The molecule has 2 fully saturated rings. The number of carbonyl (C=O) groups is 3. The molecule has 0 aromatic rings. The summed E-state index contributed by atoms with van der Waals surface area (Å²) in [5.41, 5.74) is 0. The Labute approximate surface area is 132 Å². The molecule has 6 heteroatoms. The first-order valence-corrected chi connectivity index (χ1v) is 8.26. The molecule has 0 unspecified atom stereocenters. The Morgan fingerprint density at radius 1 is 0.864 bits per heavy atom. The van der Waals surface area contributed by atoms with Crippen molar-refractivity contribution in [1.29, 1.82) is 0 Å². The highest BCUT2D eigenvalue weighted by atomic mass is 16.2. The molecule has 0 aliphatic carbocycles. The average molecular weight is 309 g/mol. The second-order valence-corrected chi connectivity index (χ2v) is 6.47. The summed E-state index contributed by atoms with van der Waals surface area (Å²) in [6.07, 6.45) is 3.44. The third kappa shape index (κ3) is 4.45. The van der Waals surface area contributed by atoms with Crippen LogP contribution in [0.15, 0.2) is 0 Å². The lowest BCUT2D eigenvalue weighted by atomic mass is 9.94.